The number of benzene rings is 4. The van der Waals surface area contributed by atoms with E-state index < -0.39 is 17.2 Å². The molecule has 2 aliphatic heterocycles. The monoisotopic (exact) mass is 534 g/mol. The van der Waals surface area contributed by atoms with Gasteiger partial charge in [0, 0.05) is 50.1 Å². The first kappa shape index (κ1) is 24.2. The minimum atomic E-state index is -0.562. The van der Waals surface area contributed by atoms with Crippen LogP contribution in [-0.2, 0) is 0 Å². The number of carbonyl (C=O) groups is 1. The molecule has 1 fully saturated rings. The highest BCUT2D eigenvalue weighted by atomic mass is 19.1. The predicted octanol–water partition coefficient (Wildman–Crippen LogP) is 6.31. The number of fused-ring (bicyclic) bond motifs is 4. The van der Waals surface area contributed by atoms with E-state index in [9.17, 15) is 9.59 Å². The van der Waals surface area contributed by atoms with Gasteiger partial charge in [-0.3, -0.25) is 9.59 Å². The van der Waals surface area contributed by atoms with E-state index in [0.717, 1.165) is 29.3 Å². The van der Waals surface area contributed by atoms with Crippen LogP contribution in [0.5, 0.6) is 11.5 Å². The molecular formula is C32H27FN4O3. The highest BCUT2D eigenvalue weighted by Crippen LogP contribution is 2.49. The minimum absolute atomic E-state index is 0.0792. The van der Waals surface area contributed by atoms with E-state index in [1.54, 1.807) is 22.9 Å². The SMILES string of the molecule is CN(C)c1ccc(NC(=O)c2cn3c4c(c(N5CCCC5)c(F)cc4c2=O)Oc2c-3ccc3ccccc23)cc1. The lowest BCUT2D eigenvalue weighted by Crippen LogP contribution is -2.26. The average Bonchev–Trinajstić information content (AvgIpc) is 3.49. The molecule has 3 heterocycles. The molecule has 0 aliphatic carbocycles. The molecule has 4 aromatic carbocycles. The van der Waals surface area contributed by atoms with Gasteiger partial charge >= 0.3 is 0 Å². The number of pyridine rings is 1. The molecule has 1 saturated heterocycles. The summed E-state index contributed by atoms with van der Waals surface area (Å²) in [5, 5.41) is 4.77. The summed E-state index contributed by atoms with van der Waals surface area (Å²) in [4.78, 5) is 31.2. The number of hydrogen-bond donors (Lipinski definition) is 1. The quantitative estimate of drug-likeness (QED) is 0.287. The van der Waals surface area contributed by atoms with Crippen molar-refractivity contribution in [2.75, 3.05) is 42.3 Å². The minimum Gasteiger partial charge on any atom is -0.450 e. The van der Waals surface area contributed by atoms with E-state index >= 15 is 4.39 Å². The van der Waals surface area contributed by atoms with Crippen molar-refractivity contribution in [3.8, 4) is 17.2 Å². The summed E-state index contributed by atoms with van der Waals surface area (Å²) in [5.74, 6) is -0.224. The van der Waals surface area contributed by atoms with Gasteiger partial charge in [-0.2, -0.15) is 0 Å². The van der Waals surface area contributed by atoms with Gasteiger partial charge < -0.3 is 24.4 Å². The molecule has 2 aliphatic rings. The molecule has 0 unspecified atom stereocenters. The molecule has 1 aromatic heterocycles. The van der Waals surface area contributed by atoms with Crippen LogP contribution in [-0.4, -0.2) is 37.7 Å². The molecule has 7 nitrogen and oxygen atoms in total. The van der Waals surface area contributed by atoms with E-state index in [4.69, 9.17) is 4.74 Å². The van der Waals surface area contributed by atoms with Crippen LogP contribution in [0.3, 0.4) is 0 Å². The van der Waals surface area contributed by atoms with Crippen LogP contribution in [0.25, 0.3) is 27.4 Å². The molecule has 0 bridgehead atoms. The zero-order chi connectivity index (χ0) is 27.5. The smallest absolute Gasteiger partial charge is 0.261 e. The summed E-state index contributed by atoms with van der Waals surface area (Å²) in [6.07, 6.45) is 3.47. The Kier molecular flexibility index (Phi) is 5.52. The number of amides is 1. The van der Waals surface area contributed by atoms with Crippen molar-refractivity contribution in [3.63, 3.8) is 0 Å². The van der Waals surface area contributed by atoms with Gasteiger partial charge in [-0.1, -0.05) is 30.3 Å². The molecule has 8 heteroatoms. The molecule has 1 amide bonds. The second kappa shape index (κ2) is 9.12. The number of nitrogens with one attached hydrogen (secondary N) is 1. The third-order valence-corrected chi connectivity index (χ3v) is 7.80. The maximum absolute atomic E-state index is 15.9. The molecule has 5 aromatic rings. The summed E-state index contributed by atoms with van der Waals surface area (Å²) in [7, 11) is 3.87. The molecular weight excluding hydrogens is 507 g/mol. The molecule has 0 atom stereocenters. The number of ether oxygens (including phenoxy) is 1. The molecule has 0 spiro atoms. The zero-order valence-corrected chi connectivity index (χ0v) is 22.2. The Balaban J connectivity index is 1.45. The fourth-order valence-electron chi connectivity index (χ4n) is 5.77. The lowest BCUT2D eigenvalue weighted by Gasteiger charge is -2.29. The average molecular weight is 535 g/mol. The molecule has 0 saturated carbocycles. The van der Waals surface area contributed by atoms with Crippen LogP contribution in [0.4, 0.5) is 21.5 Å². The Morgan fingerprint density at radius 2 is 1.70 bits per heavy atom. The van der Waals surface area contributed by atoms with E-state index in [1.165, 1.54) is 6.07 Å². The van der Waals surface area contributed by atoms with Crippen molar-refractivity contribution in [3.05, 3.63) is 94.5 Å². The Labute approximate surface area is 230 Å². The highest BCUT2D eigenvalue weighted by molar-refractivity contribution is 6.08. The maximum atomic E-state index is 15.9. The first-order valence-electron chi connectivity index (χ1n) is 13.4. The van der Waals surface area contributed by atoms with Crippen molar-refractivity contribution >= 4 is 44.6 Å². The maximum Gasteiger partial charge on any atom is 0.261 e. The second-order valence-electron chi connectivity index (χ2n) is 10.5. The van der Waals surface area contributed by atoms with Crippen LogP contribution < -0.4 is 25.3 Å². The number of hydrogen-bond acceptors (Lipinski definition) is 5. The van der Waals surface area contributed by atoms with Gasteiger partial charge in [-0.15, -0.1) is 0 Å². The number of anilines is 3. The lowest BCUT2D eigenvalue weighted by atomic mass is 10.0. The molecule has 200 valence electrons. The zero-order valence-electron chi connectivity index (χ0n) is 22.2. The first-order chi connectivity index (χ1) is 19.4. The summed E-state index contributed by atoms with van der Waals surface area (Å²) < 4.78 is 24.2. The van der Waals surface area contributed by atoms with Crippen LogP contribution in [0.1, 0.15) is 23.2 Å². The Hall–Kier alpha value is -4.85. The highest BCUT2D eigenvalue weighted by Gasteiger charge is 2.32. The van der Waals surface area contributed by atoms with E-state index in [0.29, 0.717) is 47.2 Å². The normalized spacial score (nSPS) is 13.8. The van der Waals surface area contributed by atoms with Gasteiger partial charge in [-0.25, -0.2) is 4.39 Å². The van der Waals surface area contributed by atoms with Crippen molar-refractivity contribution in [1.82, 2.24) is 4.57 Å². The molecule has 0 radical (unpaired) electrons. The van der Waals surface area contributed by atoms with Gasteiger partial charge in [0.2, 0.25) is 5.43 Å². The number of rotatable bonds is 4. The molecule has 7 rings (SSSR count). The second-order valence-corrected chi connectivity index (χ2v) is 10.5. The van der Waals surface area contributed by atoms with E-state index in [1.807, 2.05) is 72.4 Å². The van der Waals surface area contributed by atoms with Gasteiger partial charge in [0.25, 0.3) is 5.91 Å². The van der Waals surface area contributed by atoms with Crippen LogP contribution >= 0.6 is 0 Å². The predicted molar refractivity (Wildman–Crippen MR) is 157 cm³/mol. The van der Waals surface area contributed by atoms with Crippen molar-refractivity contribution in [2.24, 2.45) is 0 Å². The summed E-state index contributed by atoms with van der Waals surface area (Å²) in [6.45, 7) is 1.41. The first-order valence-corrected chi connectivity index (χ1v) is 13.4. The number of aromatic nitrogens is 1. The van der Waals surface area contributed by atoms with Crippen molar-refractivity contribution in [2.45, 2.75) is 12.8 Å². The number of carbonyl (C=O) groups excluding carboxylic acids is 1. The van der Waals surface area contributed by atoms with Gasteiger partial charge in [0.05, 0.1) is 11.1 Å². The van der Waals surface area contributed by atoms with Gasteiger partial charge in [-0.05, 0) is 54.6 Å². The van der Waals surface area contributed by atoms with Crippen LogP contribution in [0, 0.1) is 5.82 Å². The van der Waals surface area contributed by atoms with Crippen LogP contribution in [0.15, 0.2) is 77.7 Å². The Bertz CT molecular complexity index is 1890. The lowest BCUT2D eigenvalue weighted by molar-refractivity contribution is 0.102. The van der Waals surface area contributed by atoms with E-state index in [-0.39, 0.29) is 10.9 Å². The summed E-state index contributed by atoms with van der Waals surface area (Å²) in [5.41, 5.74) is 2.41. The fourth-order valence-corrected chi connectivity index (χ4v) is 5.77. The third kappa shape index (κ3) is 3.71. The Morgan fingerprint density at radius 1 is 0.950 bits per heavy atom. The van der Waals surface area contributed by atoms with Crippen LogP contribution in [0.2, 0.25) is 0 Å². The molecule has 40 heavy (non-hydrogen) atoms. The summed E-state index contributed by atoms with van der Waals surface area (Å²) >= 11 is 0. The largest absolute Gasteiger partial charge is 0.450 e. The fraction of sp³-hybridized carbons (Fsp3) is 0.188. The standard InChI is InChI=1S/C32H27FN4O3/c1-35(2)21-12-10-20(11-13-21)34-32(39)24-18-37-26-14-9-19-7-3-4-8-22(19)30(26)40-31-27(37)23(29(24)38)17-25(33)28(31)36-15-5-6-16-36/h3-4,7-14,17-18H,5-6,15-16H2,1-2H3,(H,34,39). The van der Waals surface area contributed by atoms with E-state index in [2.05, 4.69) is 5.32 Å². The van der Waals surface area contributed by atoms with Gasteiger partial charge in [0.1, 0.15) is 16.8 Å². The molecule has 1 N–H and O–H groups in total. The summed E-state index contributed by atoms with van der Waals surface area (Å²) in [6, 6.07) is 20.3. The van der Waals surface area contributed by atoms with Crippen molar-refractivity contribution < 1.29 is 13.9 Å². The van der Waals surface area contributed by atoms with Gasteiger partial charge in [0.15, 0.2) is 17.3 Å². The Morgan fingerprint density at radius 3 is 2.45 bits per heavy atom. The third-order valence-electron chi connectivity index (χ3n) is 7.80. The number of nitrogens with zero attached hydrogens (tertiary/aromatic N) is 3. The van der Waals surface area contributed by atoms with Crippen molar-refractivity contribution in [1.29, 1.82) is 0 Å². The topological polar surface area (TPSA) is 66.8 Å². The number of halogens is 1.